The standard InChI is InChI=1S/C25H29N3O4S/c1-3-30-19-5-6-20-23(15-19)33-25(27-20)28-10-8-17(9-11-28)24(29)26-16(2)18-4-7-21-22(14-18)32-13-12-31-21/h4-7,14-17H,3,8-13H2,1-2H3,(H,26,29)/t16-/m1/s1. The van der Waals surface area contributed by atoms with Gasteiger partial charge in [-0.2, -0.15) is 0 Å². The van der Waals surface area contributed by atoms with Crippen LogP contribution in [0.5, 0.6) is 17.2 Å². The number of amides is 1. The topological polar surface area (TPSA) is 72.9 Å². The second-order valence-corrected chi connectivity index (χ2v) is 9.46. The van der Waals surface area contributed by atoms with Gasteiger partial charge in [0.15, 0.2) is 16.6 Å². The first-order valence-corrected chi connectivity index (χ1v) is 12.4. The van der Waals surface area contributed by atoms with Crippen molar-refractivity contribution in [3.8, 4) is 17.2 Å². The van der Waals surface area contributed by atoms with Crippen LogP contribution in [0.1, 0.15) is 38.3 Å². The van der Waals surface area contributed by atoms with Crippen molar-refractivity contribution in [2.24, 2.45) is 5.92 Å². The molecule has 0 bridgehead atoms. The van der Waals surface area contributed by atoms with Gasteiger partial charge >= 0.3 is 0 Å². The quantitative estimate of drug-likeness (QED) is 0.573. The molecule has 0 radical (unpaired) electrons. The molecule has 0 unspecified atom stereocenters. The molecule has 0 saturated carbocycles. The van der Waals surface area contributed by atoms with Gasteiger partial charge in [0.1, 0.15) is 19.0 Å². The minimum Gasteiger partial charge on any atom is -0.494 e. The van der Waals surface area contributed by atoms with Crippen LogP contribution in [0.15, 0.2) is 36.4 Å². The molecule has 2 aliphatic heterocycles. The Morgan fingerprint density at radius 3 is 2.76 bits per heavy atom. The van der Waals surface area contributed by atoms with Crippen molar-refractivity contribution in [2.45, 2.75) is 32.7 Å². The Kier molecular flexibility index (Phi) is 6.26. The molecule has 2 aromatic carbocycles. The van der Waals surface area contributed by atoms with E-state index in [1.54, 1.807) is 11.3 Å². The fourth-order valence-electron chi connectivity index (χ4n) is 4.36. The molecule has 1 atom stereocenters. The van der Waals surface area contributed by atoms with Crippen LogP contribution in [0.2, 0.25) is 0 Å². The second kappa shape index (κ2) is 9.47. The number of benzene rings is 2. The van der Waals surface area contributed by atoms with Gasteiger partial charge < -0.3 is 24.4 Å². The molecular weight excluding hydrogens is 438 g/mol. The van der Waals surface area contributed by atoms with E-state index in [1.165, 1.54) is 0 Å². The molecule has 0 spiro atoms. The normalized spacial score (nSPS) is 17.1. The first-order chi connectivity index (χ1) is 16.1. The Morgan fingerprint density at radius 2 is 1.97 bits per heavy atom. The zero-order valence-corrected chi connectivity index (χ0v) is 19.8. The van der Waals surface area contributed by atoms with Crippen molar-refractivity contribution in [3.05, 3.63) is 42.0 Å². The van der Waals surface area contributed by atoms with Crippen LogP contribution in [0.4, 0.5) is 5.13 Å². The van der Waals surface area contributed by atoms with Gasteiger partial charge in [-0.05, 0) is 62.6 Å². The van der Waals surface area contributed by atoms with Gasteiger partial charge in [0.05, 0.1) is 22.9 Å². The highest BCUT2D eigenvalue weighted by Gasteiger charge is 2.27. The summed E-state index contributed by atoms with van der Waals surface area (Å²) < 4.78 is 18.0. The Morgan fingerprint density at radius 1 is 1.18 bits per heavy atom. The number of ether oxygens (including phenoxy) is 3. The molecular formula is C25H29N3O4S. The largest absolute Gasteiger partial charge is 0.494 e. The van der Waals surface area contributed by atoms with Crippen molar-refractivity contribution in [2.75, 3.05) is 37.8 Å². The summed E-state index contributed by atoms with van der Waals surface area (Å²) in [5, 5.41) is 4.20. The maximum Gasteiger partial charge on any atom is 0.223 e. The third-order valence-corrected chi connectivity index (χ3v) is 7.30. The molecule has 1 amide bonds. The smallest absolute Gasteiger partial charge is 0.223 e. The van der Waals surface area contributed by atoms with Gasteiger partial charge in [0.2, 0.25) is 5.91 Å². The van der Waals surface area contributed by atoms with Crippen molar-refractivity contribution >= 4 is 32.6 Å². The maximum atomic E-state index is 12.9. The lowest BCUT2D eigenvalue weighted by Crippen LogP contribution is -2.41. The third-order valence-electron chi connectivity index (χ3n) is 6.22. The van der Waals surface area contributed by atoms with Crippen LogP contribution >= 0.6 is 11.3 Å². The Bertz CT molecular complexity index is 1140. The van der Waals surface area contributed by atoms with E-state index in [0.717, 1.165) is 64.1 Å². The zero-order chi connectivity index (χ0) is 22.8. The fourth-order valence-corrected chi connectivity index (χ4v) is 5.41. The van der Waals surface area contributed by atoms with Gasteiger partial charge in [0.25, 0.3) is 0 Å². The lowest BCUT2D eigenvalue weighted by atomic mass is 9.95. The van der Waals surface area contributed by atoms with E-state index in [2.05, 4.69) is 16.3 Å². The van der Waals surface area contributed by atoms with Gasteiger partial charge in [-0.15, -0.1) is 0 Å². The number of piperidine rings is 1. The van der Waals surface area contributed by atoms with Crippen LogP contribution in [0.25, 0.3) is 10.2 Å². The van der Waals surface area contributed by atoms with E-state index in [1.807, 2.05) is 44.2 Å². The highest BCUT2D eigenvalue weighted by molar-refractivity contribution is 7.22. The molecule has 1 aromatic heterocycles. The van der Waals surface area contributed by atoms with Gasteiger partial charge in [-0.3, -0.25) is 4.79 Å². The van der Waals surface area contributed by atoms with Crippen LogP contribution in [0, 0.1) is 5.92 Å². The number of nitrogens with zero attached hydrogens (tertiary/aromatic N) is 2. The lowest BCUT2D eigenvalue weighted by molar-refractivity contribution is -0.126. The number of fused-ring (bicyclic) bond motifs is 2. The predicted octanol–water partition coefficient (Wildman–Crippen LogP) is 4.56. The third kappa shape index (κ3) is 4.71. The fraction of sp³-hybridized carbons (Fsp3) is 0.440. The summed E-state index contributed by atoms with van der Waals surface area (Å²) in [6.45, 7) is 7.43. The number of anilines is 1. The molecule has 1 saturated heterocycles. The average molecular weight is 468 g/mol. The average Bonchev–Trinajstić information content (AvgIpc) is 3.27. The van der Waals surface area contributed by atoms with Crippen molar-refractivity contribution in [1.29, 1.82) is 0 Å². The minimum atomic E-state index is -0.0878. The molecule has 3 heterocycles. The number of rotatable bonds is 6. The first kappa shape index (κ1) is 21.8. The molecule has 174 valence electrons. The monoisotopic (exact) mass is 467 g/mol. The van der Waals surface area contributed by atoms with E-state index >= 15 is 0 Å². The van der Waals surface area contributed by atoms with E-state index in [9.17, 15) is 4.79 Å². The van der Waals surface area contributed by atoms with Crippen LogP contribution in [-0.4, -0.2) is 43.8 Å². The summed E-state index contributed by atoms with van der Waals surface area (Å²) in [6.07, 6.45) is 1.64. The van der Waals surface area contributed by atoms with E-state index in [0.29, 0.717) is 19.8 Å². The SMILES string of the molecule is CCOc1ccc2nc(N3CCC(C(=O)N[C@H](C)c4ccc5c(c4)OCCO5)CC3)sc2c1. The van der Waals surface area contributed by atoms with Crippen molar-refractivity contribution in [3.63, 3.8) is 0 Å². The summed E-state index contributed by atoms with van der Waals surface area (Å²) in [5.74, 6) is 2.52. The maximum absolute atomic E-state index is 12.9. The molecule has 8 heteroatoms. The lowest BCUT2D eigenvalue weighted by Gasteiger charge is -2.31. The molecule has 2 aliphatic rings. The van der Waals surface area contributed by atoms with Crippen LogP contribution in [-0.2, 0) is 4.79 Å². The summed E-state index contributed by atoms with van der Waals surface area (Å²) in [6, 6.07) is 11.8. The molecule has 33 heavy (non-hydrogen) atoms. The molecule has 1 N–H and O–H groups in total. The Labute approximate surface area is 197 Å². The van der Waals surface area contributed by atoms with Crippen molar-refractivity contribution in [1.82, 2.24) is 10.3 Å². The molecule has 5 rings (SSSR count). The summed E-state index contributed by atoms with van der Waals surface area (Å²) in [5.41, 5.74) is 2.01. The number of hydrogen-bond donors (Lipinski definition) is 1. The predicted molar refractivity (Wildman–Crippen MR) is 130 cm³/mol. The second-order valence-electron chi connectivity index (χ2n) is 8.45. The minimum absolute atomic E-state index is 0.0137. The highest BCUT2D eigenvalue weighted by atomic mass is 32.1. The van der Waals surface area contributed by atoms with Gasteiger partial charge in [-0.1, -0.05) is 17.4 Å². The molecule has 3 aromatic rings. The number of thiazole rings is 1. The van der Waals surface area contributed by atoms with Gasteiger partial charge in [0, 0.05) is 19.0 Å². The summed E-state index contributed by atoms with van der Waals surface area (Å²) in [7, 11) is 0. The number of carbonyl (C=O) groups is 1. The number of hydrogen-bond acceptors (Lipinski definition) is 7. The van der Waals surface area contributed by atoms with E-state index in [4.69, 9.17) is 19.2 Å². The molecule has 1 fully saturated rings. The highest BCUT2D eigenvalue weighted by Crippen LogP contribution is 2.35. The molecule has 7 nitrogen and oxygen atoms in total. The first-order valence-electron chi connectivity index (χ1n) is 11.6. The van der Waals surface area contributed by atoms with Crippen molar-refractivity contribution < 1.29 is 19.0 Å². The summed E-state index contributed by atoms with van der Waals surface area (Å²) >= 11 is 1.68. The Balaban J connectivity index is 1.18. The number of aromatic nitrogens is 1. The Hall–Kier alpha value is -3.00. The number of nitrogens with one attached hydrogen (secondary N) is 1. The number of carbonyl (C=O) groups excluding carboxylic acids is 1. The summed E-state index contributed by atoms with van der Waals surface area (Å²) in [4.78, 5) is 20.0. The zero-order valence-electron chi connectivity index (χ0n) is 19.0. The van der Waals surface area contributed by atoms with Crippen LogP contribution < -0.4 is 24.4 Å². The van der Waals surface area contributed by atoms with Gasteiger partial charge in [-0.25, -0.2) is 4.98 Å². The molecule has 0 aliphatic carbocycles. The van der Waals surface area contributed by atoms with Crippen LogP contribution in [0.3, 0.4) is 0 Å². The van der Waals surface area contributed by atoms with E-state index in [-0.39, 0.29) is 17.9 Å². The van der Waals surface area contributed by atoms with E-state index < -0.39 is 0 Å².